The van der Waals surface area contributed by atoms with Crippen molar-refractivity contribution in [3.8, 4) is 0 Å². The zero-order chi connectivity index (χ0) is 9.68. The van der Waals surface area contributed by atoms with Crippen molar-refractivity contribution in [1.29, 1.82) is 0 Å². The van der Waals surface area contributed by atoms with Gasteiger partial charge in [-0.05, 0) is 19.5 Å². The van der Waals surface area contributed by atoms with E-state index >= 15 is 0 Å². The lowest BCUT2D eigenvalue weighted by Gasteiger charge is -2.15. The molecular weight excluding hydrogens is 166 g/mol. The normalized spacial score (nSPS) is 13.2. The predicted molar refractivity (Wildman–Crippen MR) is 51.7 cm³/mol. The van der Waals surface area contributed by atoms with E-state index in [-0.39, 0.29) is 6.04 Å². The molecule has 13 heavy (non-hydrogen) atoms. The molecular formula is C10H17NO2. The van der Waals surface area contributed by atoms with E-state index in [2.05, 4.69) is 12.2 Å². The summed E-state index contributed by atoms with van der Waals surface area (Å²) in [6.45, 7) is 5.65. The van der Waals surface area contributed by atoms with Gasteiger partial charge in [0.2, 0.25) is 0 Å². The average molecular weight is 183 g/mol. The number of furan rings is 1. The molecule has 3 nitrogen and oxygen atoms in total. The Morgan fingerprint density at radius 3 is 2.85 bits per heavy atom. The molecule has 1 heterocycles. The van der Waals surface area contributed by atoms with Gasteiger partial charge in [-0.25, -0.2) is 0 Å². The van der Waals surface area contributed by atoms with E-state index in [1.54, 1.807) is 13.4 Å². The van der Waals surface area contributed by atoms with Gasteiger partial charge in [0.05, 0.1) is 18.9 Å². The Labute approximate surface area is 79.1 Å². The molecule has 0 fully saturated rings. The molecule has 0 aliphatic carbocycles. The Morgan fingerprint density at radius 1 is 1.62 bits per heavy atom. The highest BCUT2D eigenvalue weighted by Crippen LogP contribution is 2.18. The first-order valence-electron chi connectivity index (χ1n) is 4.56. The molecule has 0 saturated carbocycles. The Morgan fingerprint density at radius 2 is 2.38 bits per heavy atom. The molecule has 1 atom stereocenters. The van der Waals surface area contributed by atoms with Crippen molar-refractivity contribution in [2.75, 3.05) is 20.3 Å². The summed E-state index contributed by atoms with van der Waals surface area (Å²) in [5.41, 5.74) is 1.18. The minimum absolute atomic E-state index is 0.244. The fourth-order valence-corrected chi connectivity index (χ4v) is 1.43. The molecule has 74 valence electrons. The Balaban J connectivity index is 2.69. The summed E-state index contributed by atoms with van der Waals surface area (Å²) in [4.78, 5) is 0. The Hall–Kier alpha value is -0.800. The van der Waals surface area contributed by atoms with Gasteiger partial charge in [0, 0.05) is 12.7 Å². The first-order chi connectivity index (χ1) is 6.29. The number of aryl methyl sites for hydroxylation is 1. The van der Waals surface area contributed by atoms with Crippen LogP contribution in [-0.4, -0.2) is 20.3 Å². The zero-order valence-electron chi connectivity index (χ0n) is 8.46. The molecule has 1 rings (SSSR count). The van der Waals surface area contributed by atoms with Gasteiger partial charge < -0.3 is 14.5 Å². The second kappa shape index (κ2) is 5.04. The molecule has 0 saturated heterocycles. The third-order valence-corrected chi connectivity index (χ3v) is 2.06. The summed E-state index contributed by atoms with van der Waals surface area (Å²) in [6, 6.07) is 2.23. The topological polar surface area (TPSA) is 34.4 Å². The highest BCUT2D eigenvalue weighted by molar-refractivity contribution is 5.20. The van der Waals surface area contributed by atoms with Crippen molar-refractivity contribution in [3.63, 3.8) is 0 Å². The second-order valence-corrected chi connectivity index (χ2v) is 3.00. The number of hydrogen-bond donors (Lipinski definition) is 1. The molecule has 0 radical (unpaired) electrons. The van der Waals surface area contributed by atoms with E-state index in [9.17, 15) is 0 Å². The highest BCUT2D eigenvalue weighted by Gasteiger charge is 2.13. The summed E-state index contributed by atoms with van der Waals surface area (Å²) in [6.07, 6.45) is 1.71. The maximum atomic E-state index is 5.24. The summed E-state index contributed by atoms with van der Waals surface area (Å²) in [5, 5.41) is 3.34. The van der Waals surface area contributed by atoms with E-state index < -0.39 is 0 Å². The van der Waals surface area contributed by atoms with Crippen LogP contribution in [0.25, 0.3) is 0 Å². The fraction of sp³-hybridized carbons (Fsp3) is 0.600. The lowest BCUT2D eigenvalue weighted by Crippen LogP contribution is -2.24. The van der Waals surface area contributed by atoms with Crippen molar-refractivity contribution in [2.45, 2.75) is 19.9 Å². The van der Waals surface area contributed by atoms with E-state index in [4.69, 9.17) is 9.15 Å². The molecule has 0 aliphatic heterocycles. The maximum Gasteiger partial charge on any atom is 0.105 e. The molecule has 1 aromatic heterocycles. The van der Waals surface area contributed by atoms with Gasteiger partial charge in [-0.15, -0.1) is 0 Å². The number of methoxy groups -OCH3 is 1. The van der Waals surface area contributed by atoms with Crippen LogP contribution in [0.5, 0.6) is 0 Å². The molecule has 0 aromatic carbocycles. The van der Waals surface area contributed by atoms with Crippen LogP contribution in [0.4, 0.5) is 0 Å². The maximum absolute atomic E-state index is 5.24. The van der Waals surface area contributed by atoms with Crippen LogP contribution in [0.15, 0.2) is 16.7 Å². The molecule has 1 aromatic rings. The monoisotopic (exact) mass is 183 g/mol. The number of ether oxygens (including phenoxy) is 1. The smallest absolute Gasteiger partial charge is 0.105 e. The van der Waals surface area contributed by atoms with Crippen LogP contribution >= 0.6 is 0 Å². The molecule has 1 unspecified atom stereocenters. The fourth-order valence-electron chi connectivity index (χ4n) is 1.43. The van der Waals surface area contributed by atoms with Gasteiger partial charge in [0.1, 0.15) is 5.76 Å². The number of nitrogens with one attached hydrogen (secondary N) is 1. The summed E-state index contributed by atoms with van der Waals surface area (Å²) in [5.74, 6) is 0.961. The minimum atomic E-state index is 0.244. The standard InChI is InChI=1S/C10H17NO2/c1-4-11-10(7-12-3)9-5-6-13-8(9)2/h5-6,10-11H,4,7H2,1-3H3. The molecule has 3 heteroatoms. The Bertz CT molecular complexity index is 239. The van der Waals surface area contributed by atoms with Gasteiger partial charge in [-0.3, -0.25) is 0 Å². The molecule has 1 N–H and O–H groups in total. The van der Waals surface area contributed by atoms with Gasteiger partial charge in [-0.1, -0.05) is 6.92 Å². The third-order valence-electron chi connectivity index (χ3n) is 2.06. The van der Waals surface area contributed by atoms with Crippen LogP contribution in [-0.2, 0) is 4.74 Å². The van der Waals surface area contributed by atoms with E-state index in [1.165, 1.54) is 5.56 Å². The van der Waals surface area contributed by atoms with Gasteiger partial charge in [-0.2, -0.15) is 0 Å². The number of likely N-dealkylation sites (N-methyl/N-ethyl adjacent to an activating group) is 1. The summed E-state index contributed by atoms with van der Waals surface area (Å²) < 4.78 is 10.4. The van der Waals surface area contributed by atoms with Crippen LogP contribution < -0.4 is 5.32 Å². The minimum Gasteiger partial charge on any atom is -0.469 e. The average Bonchev–Trinajstić information content (AvgIpc) is 2.51. The SMILES string of the molecule is CCNC(COC)c1ccoc1C. The van der Waals surface area contributed by atoms with Gasteiger partial charge in [0.15, 0.2) is 0 Å². The second-order valence-electron chi connectivity index (χ2n) is 3.00. The molecule has 0 spiro atoms. The molecule has 0 bridgehead atoms. The van der Waals surface area contributed by atoms with Crippen LogP contribution in [0, 0.1) is 6.92 Å². The largest absolute Gasteiger partial charge is 0.469 e. The van der Waals surface area contributed by atoms with Crippen LogP contribution in [0.2, 0.25) is 0 Å². The predicted octanol–water partition coefficient (Wildman–Crippen LogP) is 1.89. The van der Waals surface area contributed by atoms with Crippen LogP contribution in [0.1, 0.15) is 24.3 Å². The van der Waals surface area contributed by atoms with Crippen LogP contribution in [0.3, 0.4) is 0 Å². The van der Waals surface area contributed by atoms with E-state index in [0.717, 1.165) is 12.3 Å². The van der Waals surface area contributed by atoms with Crippen molar-refractivity contribution in [1.82, 2.24) is 5.32 Å². The summed E-state index contributed by atoms with van der Waals surface area (Å²) >= 11 is 0. The van der Waals surface area contributed by atoms with E-state index in [0.29, 0.717) is 6.61 Å². The quantitative estimate of drug-likeness (QED) is 0.757. The lowest BCUT2D eigenvalue weighted by molar-refractivity contribution is 0.167. The highest BCUT2D eigenvalue weighted by atomic mass is 16.5. The zero-order valence-corrected chi connectivity index (χ0v) is 8.46. The van der Waals surface area contributed by atoms with Gasteiger partial charge in [0.25, 0.3) is 0 Å². The van der Waals surface area contributed by atoms with Crippen molar-refractivity contribution >= 4 is 0 Å². The number of rotatable bonds is 5. The molecule has 0 aliphatic rings. The van der Waals surface area contributed by atoms with Gasteiger partial charge >= 0.3 is 0 Å². The third kappa shape index (κ3) is 2.57. The Kier molecular flexibility index (Phi) is 3.99. The first kappa shape index (κ1) is 10.3. The first-order valence-corrected chi connectivity index (χ1v) is 4.56. The van der Waals surface area contributed by atoms with Crippen molar-refractivity contribution < 1.29 is 9.15 Å². The lowest BCUT2D eigenvalue weighted by atomic mass is 10.1. The van der Waals surface area contributed by atoms with Crippen molar-refractivity contribution in [3.05, 3.63) is 23.7 Å². The van der Waals surface area contributed by atoms with E-state index in [1.807, 2.05) is 13.0 Å². The summed E-state index contributed by atoms with van der Waals surface area (Å²) in [7, 11) is 1.71. The number of hydrogen-bond acceptors (Lipinski definition) is 3. The molecule has 0 amide bonds. The van der Waals surface area contributed by atoms with Crippen molar-refractivity contribution in [2.24, 2.45) is 0 Å².